The van der Waals surface area contributed by atoms with Crippen LogP contribution in [0, 0.1) is 0 Å². The van der Waals surface area contributed by atoms with E-state index >= 15 is 0 Å². The Morgan fingerprint density at radius 3 is 2.46 bits per heavy atom. The van der Waals surface area contributed by atoms with Crippen molar-refractivity contribution in [2.45, 2.75) is 43.8 Å². The number of alkyl halides is 6. The van der Waals surface area contributed by atoms with E-state index in [2.05, 4.69) is 15.3 Å². The summed E-state index contributed by atoms with van der Waals surface area (Å²) >= 11 is 0. The van der Waals surface area contributed by atoms with Gasteiger partial charge in [-0.2, -0.15) is 31.3 Å². The maximum atomic E-state index is 13.8. The van der Waals surface area contributed by atoms with Crippen LogP contribution in [-0.4, -0.2) is 50.6 Å². The maximum absolute atomic E-state index is 13.8. The average Bonchev–Trinajstić information content (AvgIpc) is 3.52. The van der Waals surface area contributed by atoms with Crippen molar-refractivity contribution in [1.29, 1.82) is 0 Å². The molecule has 0 bridgehead atoms. The largest absolute Gasteiger partial charge is 0.493 e. The van der Waals surface area contributed by atoms with E-state index in [1.54, 1.807) is 0 Å². The molecule has 1 aliphatic heterocycles. The number of aliphatic hydroxyl groups excluding tert-OH is 1. The number of rotatable bonds is 7. The molecule has 2 heterocycles. The number of benzene rings is 2. The van der Waals surface area contributed by atoms with Gasteiger partial charge in [0.25, 0.3) is 0 Å². The van der Waals surface area contributed by atoms with Gasteiger partial charge in [-0.25, -0.2) is 0 Å². The van der Waals surface area contributed by atoms with E-state index in [0.717, 1.165) is 24.3 Å². The van der Waals surface area contributed by atoms with Crippen molar-refractivity contribution in [2.24, 2.45) is 10.9 Å². The summed E-state index contributed by atoms with van der Waals surface area (Å²) in [5, 5.41) is 25.5. The third-order valence-electron chi connectivity index (χ3n) is 6.09. The Morgan fingerprint density at radius 2 is 1.82 bits per heavy atom. The van der Waals surface area contributed by atoms with Crippen LogP contribution >= 0.6 is 0 Å². The van der Waals surface area contributed by atoms with Crippen molar-refractivity contribution in [3.8, 4) is 17.1 Å². The topological polar surface area (TPSA) is 130 Å². The number of halogens is 6. The summed E-state index contributed by atoms with van der Waals surface area (Å²) in [5.74, 6) is -0.912. The fourth-order valence-electron chi connectivity index (χ4n) is 4.18. The standard InChI is InChI=1S/C24H23F6N5O4/c25-23(26,27)15-6-3-13(4-7-15)2-1-9-38-19-8-5-14(10-17(19)24(28,29)30)20-32-21(39-34-20)18-11-16(36)12-35(18)22(31)33-37/h3-8,10,16,18,36-37H,1-2,9,11-12H2,(H2,31,33)/t16-,18+/m1/s1. The summed E-state index contributed by atoms with van der Waals surface area (Å²) in [6, 6.07) is 7.02. The Labute approximate surface area is 217 Å². The number of guanidine groups is 1. The molecule has 4 rings (SSSR count). The number of aliphatic hydroxyl groups is 1. The van der Waals surface area contributed by atoms with Gasteiger partial charge in [0.05, 0.1) is 23.8 Å². The maximum Gasteiger partial charge on any atom is 0.419 e. The number of aromatic nitrogens is 2. The van der Waals surface area contributed by atoms with Gasteiger partial charge >= 0.3 is 12.4 Å². The minimum atomic E-state index is -4.77. The van der Waals surface area contributed by atoms with Crippen LogP contribution in [0.25, 0.3) is 11.4 Å². The van der Waals surface area contributed by atoms with E-state index in [1.165, 1.54) is 23.1 Å². The number of ether oxygens (including phenoxy) is 1. The number of nitrogens with two attached hydrogens (primary N) is 1. The summed E-state index contributed by atoms with van der Waals surface area (Å²) < 4.78 is 90.0. The number of hydrogen-bond donors (Lipinski definition) is 3. The fraction of sp³-hybridized carbons (Fsp3) is 0.375. The van der Waals surface area contributed by atoms with Gasteiger partial charge in [0, 0.05) is 18.5 Å². The first-order chi connectivity index (χ1) is 18.4. The molecule has 1 aromatic heterocycles. The van der Waals surface area contributed by atoms with E-state index in [-0.39, 0.29) is 49.2 Å². The number of aryl methyl sites for hydroxylation is 1. The van der Waals surface area contributed by atoms with Gasteiger partial charge in [-0.3, -0.25) is 0 Å². The second kappa shape index (κ2) is 11.0. The molecule has 1 fully saturated rings. The Balaban J connectivity index is 1.45. The first-order valence-electron chi connectivity index (χ1n) is 11.6. The lowest BCUT2D eigenvalue weighted by Crippen LogP contribution is -2.37. The zero-order chi connectivity index (χ0) is 28.4. The molecule has 0 unspecified atom stereocenters. The zero-order valence-electron chi connectivity index (χ0n) is 20.1. The quantitative estimate of drug-likeness (QED) is 0.0957. The number of nitrogens with zero attached hydrogens (tertiary/aromatic N) is 4. The smallest absolute Gasteiger partial charge is 0.419 e. The Morgan fingerprint density at radius 1 is 1.10 bits per heavy atom. The second-order valence-corrected chi connectivity index (χ2v) is 8.83. The summed E-state index contributed by atoms with van der Waals surface area (Å²) in [5.41, 5.74) is 4.34. The minimum absolute atomic E-state index is 0.0108. The summed E-state index contributed by atoms with van der Waals surface area (Å²) in [6.45, 7) is -0.0785. The van der Waals surface area contributed by atoms with Crippen LogP contribution in [0.2, 0.25) is 0 Å². The molecule has 0 aliphatic carbocycles. The van der Waals surface area contributed by atoms with E-state index in [1.807, 2.05) is 0 Å². The van der Waals surface area contributed by atoms with Gasteiger partial charge in [0.15, 0.2) is 0 Å². The highest BCUT2D eigenvalue weighted by Gasteiger charge is 2.38. The lowest BCUT2D eigenvalue weighted by atomic mass is 10.1. The first-order valence-corrected chi connectivity index (χ1v) is 11.6. The summed E-state index contributed by atoms with van der Waals surface area (Å²) in [4.78, 5) is 5.47. The van der Waals surface area contributed by atoms with Crippen molar-refractivity contribution < 1.29 is 45.9 Å². The summed E-state index contributed by atoms with van der Waals surface area (Å²) in [7, 11) is 0. The monoisotopic (exact) mass is 559 g/mol. The second-order valence-electron chi connectivity index (χ2n) is 8.83. The third-order valence-corrected chi connectivity index (χ3v) is 6.09. The normalized spacial score (nSPS) is 18.5. The first kappa shape index (κ1) is 28.0. The summed E-state index contributed by atoms with van der Waals surface area (Å²) in [6.07, 6.45) is -9.37. The highest BCUT2D eigenvalue weighted by Crippen LogP contribution is 2.39. The molecule has 0 spiro atoms. The Hall–Kier alpha value is -4.01. The van der Waals surface area contributed by atoms with Crippen molar-refractivity contribution >= 4 is 5.96 Å². The van der Waals surface area contributed by atoms with Crippen molar-refractivity contribution in [3.63, 3.8) is 0 Å². The number of oxime groups is 1. The van der Waals surface area contributed by atoms with Gasteiger partial charge in [-0.05, 0) is 48.7 Å². The molecule has 0 amide bonds. The lowest BCUT2D eigenvalue weighted by Gasteiger charge is -2.20. The SMILES string of the molecule is N/C(=N\O)N1C[C@H](O)C[C@H]1c1nc(-c2ccc(OCCCc3ccc(C(F)(F)F)cc3)c(C(F)(F)F)c2)no1. The molecular weight excluding hydrogens is 536 g/mol. The van der Waals surface area contributed by atoms with Crippen LogP contribution in [0.3, 0.4) is 0 Å². The Bertz CT molecular complexity index is 1310. The lowest BCUT2D eigenvalue weighted by molar-refractivity contribution is -0.139. The van der Waals surface area contributed by atoms with Crippen LogP contribution in [0.4, 0.5) is 26.3 Å². The molecule has 2 aromatic carbocycles. The van der Waals surface area contributed by atoms with Crippen molar-refractivity contribution in [2.75, 3.05) is 13.2 Å². The third kappa shape index (κ3) is 6.53. The number of β-amino-alcohol motifs (C(OH)–C–C–N with tert-alkyl or cyclic N) is 1. The van der Waals surface area contributed by atoms with Crippen LogP contribution in [0.15, 0.2) is 52.1 Å². The number of hydrogen-bond acceptors (Lipinski definition) is 7. The van der Waals surface area contributed by atoms with Crippen LogP contribution in [-0.2, 0) is 18.8 Å². The molecule has 0 saturated carbocycles. The van der Waals surface area contributed by atoms with E-state index in [9.17, 15) is 31.4 Å². The van der Waals surface area contributed by atoms with Crippen LogP contribution < -0.4 is 10.5 Å². The molecule has 4 N–H and O–H groups in total. The van der Waals surface area contributed by atoms with Crippen molar-refractivity contribution in [3.05, 3.63) is 65.0 Å². The van der Waals surface area contributed by atoms with Crippen molar-refractivity contribution in [1.82, 2.24) is 15.0 Å². The van der Waals surface area contributed by atoms with E-state index < -0.39 is 41.4 Å². The van der Waals surface area contributed by atoms with E-state index in [0.29, 0.717) is 12.0 Å². The van der Waals surface area contributed by atoms with Crippen LogP contribution in [0.1, 0.15) is 41.5 Å². The zero-order valence-corrected chi connectivity index (χ0v) is 20.1. The van der Waals surface area contributed by atoms with Gasteiger partial charge in [0.2, 0.25) is 17.7 Å². The fourth-order valence-corrected chi connectivity index (χ4v) is 4.18. The highest BCUT2D eigenvalue weighted by atomic mass is 19.4. The molecule has 1 saturated heterocycles. The molecule has 2 atom stereocenters. The molecule has 39 heavy (non-hydrogen) atoms. The molecule has 210 valence electrons. The number of likely N-dealkylation sites (tertiary alicyclic amines) is 1. The van der Waals surface area contributed by atoms with Gasteiger partial charge in [-0.15, -0.1) is 0 Å². The molecule has 0 radical (unpaired) electrons. The van der Waals surface area contributed by atoms with Crippen LogP contribution in [0.5, 0.6) is 5.75 Å². The molecule has 1 aliphatic rings. The Kier molecular flexibility index (Phi) is 7.90. The molecule has 15 heteroatoms. The van der Waals surface area contributed by atoms with E-state index in [4.69, 9.17) is 20.2 Å². The predicted molar refractivity (Wildman–Crippen MR) is 123 cm³/mol. The van der Waals surface area contributed by atoms with Gasteiger partial charge < -0.3 is 30.2 Å². The van der Waals surface area contributed by atoms with Gasteiger partial charge in [-0.1, -0.05) is 22.4 Å². The molecule has 3 aromatic rings. The highest BCUT2D eigenvalue weighted by molar-refractivity contribution is 5.78. The molecular formula is C24H23F6N5O4. The average molecular weight is 559 g/mol. The minimum Gasteiger partial charge on any atom is -0.493 e. The predicted octanol–water partition coefficient (Wildman–Crippen LogP) is 4.60. The molecule has 9 nitrogen and oxygen atoms in total. The van der Waals surface area contributed by atoms with Gasteiger partial charge in [0.1, 0.15) is 11.8 Å².